The third-order valence-electron chi connectivity index (χ3n) is 3.18. The Kier molecular flexibility index (Phi) is 3.43. The summed E-state index contributed by atoms with van der Waals surface area (Å²) in [4.78, 5) is 0. The molecule has 1 aromatic carbocycles. The second-order valence-electron chi connectivity index (χ2n) is 4.58. The van der Waals surface area contributed by atoms with E-state index in [1.54, 1.807) is 10.7 Å². The van der Waals surface area contributed by atoms with E-state index >= 15 is 0 Å². The molecule has 0 amide bonds. The molecule has 0 aliphatic heterocycles. The highest BCUT2D eigenvalue weighted by atomic mass is 19.1. The molecule has 96 valence electrons. The Hall–Kier alpha value is -1.75. The molecule has 0 aliphatic carbocycles. The largest absolute Gasteiger partial charge is 0.321 e. The van der Waals surface area contributed by atoms with Crippen LogP contribution in [0.5, 0.6) is 0 Å². The molecular weight excluding hydrogens is 231 g/mol. The smallest absolute Gasteiger partial charge is 0.123 e. The van der Waals surface area contributed by atoms with Gasteiger partial charge in [0.1, 0.15) is 5.82 Å². The molecule has 0 spiro atoms. The van der Waals surface area contributed by atoms with Crippen LogP contribution in [0, 0.1) is 5.82 Å². The van der Waals surface area contributed by atoms with Crippen molar-refractivity contribution in [2.24, 2.45) is 12.8 Å². The van der Waals surface area contributed by atoms with Crippen molar-refractivity contribution in [1.29, 1.82) is 0 Å². The summed E-state index contributed by atoms with van der Waals surface area (Å²) in [7, 11) is 1.81. The van der Waals surface area contributed by atoms with E-state index in [4.69, 9.17) is 5.73 Å². The molecule has 1 unspecified atom stereocenters. The van der Waals surface area contributed by atoms with Crippen molar-refractivity contribution in [3.63, 3.8) is 0 Å². The maximum Gasteiger partial charge on any atom is 0.123 e. The van der Waals surface area contributed by atoms with Crippen molar-refractivity contribution in [2.75, 3.05) is 0 Å². The van der Waals surface area contributed by atoms with Crippen molar-refractivity contribution in [2.45, 2.75) is 25.3 Å². The van der Waals surface area contributed by atoms with Crippen LogP contribution in [-0.2, 0) is 19.0 Å². The summed E-state index contributed by atoms with van der Waals surface area (Å²) in [5.41, 5.74) is 7.37. The minimum atomic E-state index is -0.613. The summed E-state index contributed by atoms with van der Waals surface area (Å²) < 4.78 is 14.9. The van der Waals surface area contributed by atoms with Crippen LogP contribution in [0.15, 0.2) is 30.5 Å². The first kappa shape index (κ1) is 12.7. The second kappa shape index (κ2) is 4.86. The molecule has 0 aliphatic rings. The van der Waals surface area contributed by atoms with Crippen LogP contribution in [0.25, 0.3) is 0 Å². The quantitative estimate of drug-likeness (QED) is 0.897. The Bertz CT molecular complexity index is 537. The standard InChI is InChI=1S/C13H17FN4/c1-3-13(15,8-12-9-18(2)17-16-12)10-5-4-6-11(14)7-10/h4-7,9H,3,8,15H2,1-2H3. The van der Waals surface area contributed by atoms with Gasteiger partial charge in [0, 0.05) is 25.2 Å². The number of rotatable bonds is 4. The normalized spacial score (nSPS) is 14.4. The number of hydrogen-bond donors (Lipinski definition) is 1. The molecule has 0 bridgehead atoms. The van der Waals surface area contributed by atoms with E-state index in [2.05, 4.69) is 10.3 Å². The maximum atomic E-state index is 13.3. The van der Waals surface area contributed by atoms with Crippen LogP contribution in [0.1, 0.15) is 24.6 Å². The van der Waals surface area contributed by atoms with E-state index in [9.17, 15) is 4.39 Å². The van der Waals surface area contributed by atoms with Crippen LogP contribution in [-0.4, -0.2) is 15.0 Å². The first-order valence-corrected chi connectivity index (χ1v) is 5.93. The molecule has 0 saturated carbocycles. The van der Waals surface area contributed by atoms with E-state index in [0.29, 0.717) is 12.8 Å². The molecule has 2 rings (SSSR count). The predicted octanol–water partition coefficient (Wildman–Crippen LogP) is 1.76. The van der Waals surface area contributed by atoms with Gasteiger partial charge in [-0.2, -0.15) is 0 Å². The third-order valence-corrected chi connectivity index (χ3v) is 3.18. The molecule has 0 fully saturated rings. The Labute approximate surface area is 106 Å². The number of nitrogens with two attached hydrogens (primary N) is 1. The third kappa shape index (κ3) is 2.56. The highest BCUT2D eigenvalue weighted by Crippen LogP contribution is 2.26. The van der Waals surface area contributed by atoms with E-state index in [1.807, 2.05) is 26.2 Å². The molecule has 4 nitrogen and oxygen atoms in total. The predicted molar refractivity (Wildman–Crippen MR) is 67.3 cm³/mol. The molecule has 0 radical (unpaired) electrons. The molecule has 2 N–H and O–H groups in total. The fourth-order valence-corrected chi connectivity index (χ4v) is 2.03. The second-order valence-corrected chi connectivity index (χ2v) is 4.58. The minimum Gasteiger partial charge on any atom is -0.321 e. The van der Waals surface area contributed by atoms with Gasteiger partial charge in [-0.1, -0.05) is 24.3 Å². The lowest BCUT2D eigenvalue weighted by Crippen LogP contribution is -2.38. The van der Waals surface area contributed by atoms with Gasteiger partial charge in [-0.3, -0.25) is 4.68 Å². The van der Waals surface area contributed by atoms with E-state index in [1.165, 1.54) is 12.1 Å². The van der Waals surface area contributed by atoms with Gasteiger partial charge in [-0.25, -0.2) is 4.39 Å². The minimum absolute atomic E-state index is 0.269. The lowest BCUT2D eigenvalue weighted by molar-refractivity contribution is 0.417. The zero-order valence-corrected chi connectivity index (χ0v) is 10.6. The van der Waals surface area contributed by atoms with Crippen molar-refractivity contribution < 1.29 is 4.39 Å². The van der Waals surface area contributed by atoms with Gasteiger partial charge < -0.3 is 5.73 Å². The highest BCUT2D eigenvalue weighted by molar-refractivity contribution is 5.26. The molecule has 0 saturated heterocycles. The van der Waals surface area contributed by atoms with Crippen molar-refractivity contribution in [3.05, 3.63) is 47.5 Å². The van der Waals surface area contributed by atoms with Crippen molar-refractivity contribution >= 4 is 0 Å². The van der Waals surface area contributed by atoms with Gasteiger partial charge in [0.2, 0.25) is 0 Å². The lowest BCUT2D eigenvalue weighted by atomic mass is 9.84. The first-order chi connectivity index (χ1) is 8.53. The lowest BCUT2D eigenvalue weighted by Gasteiger charge is -2.28. The van der Waals surface area contributed by atoms with E-state index in [0.717, 1.165) is 11.3 Å². The zero-order chi connectivity index (χ0) is 13.2. The summed E-state index contributed by atoms with van der Waals surface area (Å²) in [6.07, 6.45) is 3.07. The van der Waals surface area contributed by atoms with Gasteiger partial charge in [0.15, 0.2) is 0 Å². The van der Waals surface area contributed by atoms with Crippen LogP contribution in [0.3, 0.4) is 0 Å². The fourth-order valence-electron chi connectivity index (χ4n) is 2.03. The molecule has 1 heterocycles. The number of hydrogen-bond acceptors (Lipinski definition) is 3. The SMILES string of the molecule is CCC(N)(Cc1cn(C)nn1)c1cccc(F)c1. The molecule has 1 aromatic heterocycles. The number of aromatic nitrogens is 3. The van der Waals surface area contributed by atoms with Gasteiger partial charge in [0.05, 0.1) is 5.69 Å². The molecule has 1 atom stereocenters. The average molecular weight is 248 g/mol. The van der Waals surface area contributed by atoms with Gasteiger partial charge in [0.25, 0.3) is 0 Å². The van der Waals surface area contributed by atoms with Crippen LogP contribution in [0.4, 0.5) is 4.39 Å². The topological polar surface area (TPSA) is 56.7 Å². The summed E-state index contributed by atoms with van der Waals surface area (Å²) >= 11 is 0. The van der Waals surface area contributed by atoms with Gasteiger partial charge >= 0.3 is 0 Å². The summed E-state index contributed by atoms with van der Waals surface area (Å²) in [5.74, 6) is -0.269. The highest BCUT2D eigenvalue weighted by Gasteiger charge is 2.27. The number of nitrogens with zero attached hydrogens (tertiary/aromatic N) is 3. The molecule has 5 heteroatoms. The molecule has 2 aromatic rings. The summed E-state index contributed by atoms with van der Waals surface area (Å²) in [5, 5.41) is 7.92. The Morgan fingerprint density at radius 2 is 2.22 bits per heavy atom. The van der Waals surface area contributed by atoms with E-state index < -0.39 is 5.54 Å². The number of halogens is 1. The fraction of sp³-hybridized carbons (Fsp3) is 0.385. The van der Waals surface area contributed by atoms with Gasteiger partial charge in [-0.15, -0.1) is 5.10 Å². The maximum absolute atomic E-state index is 13.3. The first-order valence-electron chi connectivity index (χ1n) is 5.93. The van der Waals surface area contributed by atoms with Crippen LogP contribution >= 0.6 is 0 Å². The van der Waals surface area contributed by atoms with Crippen LogP contribution in [0.2, 0.25) is 0 Å². The Morgan fingerprint density at radius 1 is 1.44 bits per heavy atom. The van der Waals surface area contributed by atoms with Crippen molar-refractivity contribution in [3.8, 4) is 0 Å². The molecular formula is C13H17FN4. The number of aryl methyl sites for hydroxylation is 1. The van der Waals surface area contributed by atoms with Gasteiger partial charge in [-0.05, 0) is 24.1 Å². The molecule has 18 heavy (non-hydrogen) atoms. The average Bonchev–Trinajstić information content (AvgIpc) is 2.74. The summed E-state index contributed by atoms with van der Waals surface area (Å²) in [6.45, 7) is 1.99. The van der Waals surface area contributed by atoms with Crippen LogP contribution < -0.4 is 5.73 Å². The Morgan fingerprint density at radius 3 is 2.78 bits per heavy atom. The zero-order valence-electron chi connectivity index (χ0n) is 10.6. The Balaban J connectivity index is 2.30. The van der Waals surface area contributed by atoms with E-state index in [-0.39, 0.29) is 5.82 Å². The summed E-state index contributed by atoms with van der Waals surface area (Å²) in [6, 6.07) is 6.43. The number of benzene rings is 1. The monoisotopic (exact) mass is 248 g/mol. The van der Waals surface area contributed by atoms with Crippen molar-refractivity contribution in [1.82, 2.24) is 15.0 Å².